The average Bonchev–Trinajstić information content (AvgIpc) is 2.69. The van der Waals surface area contributed by atoms with Crippen LogP contribution in [0.1, 0.15) is 41.5 Å². The molecule has 0 aliphatic carbocycles. The van der Waals surface area contributed by atoms with Gasteiger partial charge in [0.05, 0.1) is 16.6 Å². The molecule has 5 nitrogen and oxygen atoms in total. The van der Waals surface area contributed by atoms with Crippen molar-refractivity contribution in [2.75, 3.05) is 13.6 Å². The van der Waals surface area contributed by atoms with Crippen molar-refractivity contribution >= 4 is 16.9 Å². The van der Waals surface area contributed by atoms with E-state index in [9.17, 15) is 4.79 Å². The molecule has 108 valence electrons. The van der Waals surface area contributed by atoms with Crippen molar-refractivity contribution in [3.05, 3.63) is 23.0 Å². The van der Waals surface area contributed by atoms with Crippen molar-refractivity contribution in [3.8, 4) is 0 Å². The van der Waals surface area contributed by atoms with E-state index in [1.807, 2.05) is 34.0 Å². The number of unbranched alkanes of at least 4 members (excludes halogenated alkanes) is 1. The van der Waals surface area contributed by atoms with Crippen molar-refractivity contribution in [2.45, 2.75) is 33.6 Å². The molecule has 0 aromatic carbocycles. The molecule has 0 bridgehead atoms. The van der Waals surface area contributed by atoms with Crippen LogP contribution < -0.4 is 0 Å². The molecule has 0 aliphatic rings. The van der Waals surface area contributed by atoms with Gasteiger partial charge in [0.1, 0.15) is 0 Å². The van der Waals surface area contributed by atoms with Gasteiger partial charge >= 0.3 is 0 Å². The standard InChI is InChI=1S/C15H22N4O/c1-6-7-8-18(4)15(20)12-9-10(2)16-14-13(12)11(3)17-19(14)5/h9H,6-8H2,1-5H3. The third-order valence-electron chi connectivity index (χ3n) is 3.52. The summed E-state index contributed by atoms with van der Waals surface area (Å²) in [4.78, 5) is 18.9. The van der Waals surface area contributed by atoms with Crippen LogP contribution in [-0.2, 0) is 7.05 Å². The maximum atomic E-state index is 12.6. The Bertz CT molecular complexity index is 645. The summed E-state index contributed by atoms with van der Waals surface area (Å²) in [6, 6.07) is 1.86. The van der Waals surface area contributed by atoms with Gasteiger partial charge in [-0.25, -0.2) is 4.98 Å². The minimum atomic E-state index is 0.0463. The summed E-state index contributed by atoms with van der Waals surface area (Å²) in [5.41, 5.74) is 3.17. The number of carbonyl (C=O) groups excluding carboxylic acids is 1. The third-order valence-corrected chi connectivity index (χ3v) is 3.52. The molecule has 5 heteroatoms. The highest BCUT2D eigenvalue weighted by molar-refractivity contribution is 6.06. The van der Waals surface area contributed by atoms with Crippen LogP contribution >= 0.6 is 0 Å². The number of aryl methyl sites for hydroxylation is 3. The third kappa shape index (κ3) is 2.53. The van der Waals surface area contributed by atoms with Crippen LogP contribution in [0.15, 0.2) is 6.07 Å². The summed E-state index contributed by atoms with van der Waals surface area (Å²) < 4.78 is 1.74. The normalized spacial score (nSPS) is 11.1. The first-order valence-electron chi connectivity index (χ1n) is 7.02. The number of fused-ring (bicyclic) bond motifs is 1. The highest BCUT2D eigenvalue weighted by Crippen LogP contribution is 2.22. The average molecular weight is 274 g/mol. The number of pyridine rings is 1. The van der Waals surface area contributed by atoms with Gasteiger partial charge in [-0.2, -0.15) is 5.10 Å². The van der Waals surface area contributed by atoms with E-state index in [0.717, 1.165) is 41.8 Å². The number of amides is 1. The Balaban J connectivity index is 2.50. The Hall–Kier alpha value is -1.91. The van der Waals surface area contributed by atoms with Gasteiger partial charge in [0.15, 0.2) is 5.65 Å². The van der Waals surface area contributed by atoms with Gasteiger partial charge in [-0.05, 0) is 26.3 Å². The smallest absolute Gasteiger partial charge is 0.254 e. The SMILES string of the molecule is CCCCN(C)C(=O)c1cc(C)nc2c1c(C)nn2C. The van der Waals surface area contributed by atoms with E-state index in [-0.39, 0.29) is 5.91 Å². The van der Waals surface area contributed by atoms with Gasteiger partial charge < -0.3 is 4.90 Å². The summed E-state index contributed by atoms with van der Waals surface area (Å²) in [6.07, 6.45) is 2.09. The Morgan fingerprint density at radius 1 is 1.40 bits per heavy atom. The molecule has 0 N–H and O–H groups in total. The molecule has 0 spiro atoms. The lowest BCUT2D eigenvalue weighted by Gasteiger charge is -2.17. The maximum Gasteiger partial charge on any atom is 0.254 e. The fourth-order valence-corrected chi connectivity index (χ4v) is 2.44. The number of rotatable bonds is 4. The molecule has 0 saturated heterocycles. The van der Waals surface area contributed by atoms with Crippen molar-refractivity contribution in [3.63, 3.8) is 0 Å². The van der Waals surface area contributed by atoms with E-state index >= 15 is 0 Å². The molecule has 2 aromatic heterocycles. The van der Waals surface area contributed by atoms with Crippen molar-refractivity contribution in [1.29, 1.82) is 0 Å². The molecule has 0 unspecified atom stereocenters. The fourth-order valence-electron chi connectivity index (χ4n) is 2.44. The van der Waals surface area contributed by atoms with Gasteiger partial charge in [-0.3, -0.25) is 9.48 Å². The number of hydrogen-bond acceptors (Lipinski definition) is 3. The lowest BCUT2D eigenvalue weighted by molar-refractivity contribution is 0.0795. The van der Waals surface area contributed by atoms with Crippen LogP contribution in [0, 0.1) is 13.8 Å². The highest BCUT2D eigenvalue weighted by Gasteiger charge is 2.19. The van der Waals surface area contributed by atoms with Crippen LogP contribution in [0.2, 0.25) is 0 Å². The van der Waals surface area contributed by atoms with E-state index in [4.69, 9.17) is 0 Å². The second-order valence-corrected chi connectivity index (χ2v) is 5.30. The molecular formula is C15H22N4O. The van der Waals surface area contributed by atoms with Crippen LogP contribution in [0.3, 0.4) is 0 Å². The maximum absolute atomic E-state index is 12.6. The Labute approximate surface area is 119 Å². The predicted molar refractivity (Wildman–Crippen MR) is 79.9 cm³/mol. The van der Waals surface area contributed by atoms with Crippen molar-refractivity contribution < 1.29 is 4.79 Å². The summed E-state index contributed by atoms with van der Waals surface area (Å²) >= 11 is 0. The van der Waals surface area contributed by atoms with Crippen LogP contribution in [-0.4, -0.2) is 39.2 Å². The number of nitrogens with zero attached hydrogens (tertiary/aromatic N) is 4. The highest BCUT2D eigenvalue weighted by atomic mass is 16.2. The molecule has 2 rings (SSSR count). The quantitative estimate of drug-likeness (QED) is 0.860. The monoisotopic (exact) mass is 274 g/mol. The van der Waals surface area contributed by atoms with Gasteiger partial charge in [-0.1, -0.05) is 13.3 Å². The zero-order valence-electron chi connectivity index (χ0n) is 12.9. The van der Waals surface area contributed by atoms with E-state index in [1.54, 1.807) is 9.58 Å². The van der Waals surface area contributed by atoms with E-state index < -0.39 is 0 Å². The minimum Gasteiger partial charge on any atom is -0.342 e. The Kier molecular flexibility index (Phi) is 4.06. The Morgan fingerprint density at radius 2 is 2.10 bits per heavy atom. The largest absolute Gasteiger partial charge is 0.342 e. The van der Waals surface area contributed by atoms with Gasteiger partial charge in [-0.15, -0.1) is 0 Å². The first kappa shape index (κ1) is 14.5. The zero-order valence-corrected chi connectivity index (χ0v) is 12.9. The van der Waals surface area contributed by atoms with E-state index in [1.165, 1.54) is 0 Å². The number of aromatic nitrogens is 3. The van der Waals surface area contributed by atoms with Crippen LogP contribution in [0.5, 0.6) is 0 Å². The molecule has 0 fully saturated rings. The molecular weight excluding hydrogens is 252 g/mol. The molecule has 0 aliphatic heterocycles. The van der Waals surface area contributed by atoms with E-state index in [0.29, 0.717) is 5.56 Å². The molecule has 20 heavy (non-hydrogen) atoms. The molecule has 0 atom stereocenters. The minimum absolute atomic E-state index is 0.0463. The van der Waals surface area contributed by atoms with Crippen LogP contribution in [0.25, 0.3) is 11.0 Å². The fraction of sp³-hybridized carbons (Fsp3) is 0.533. The zero-order chi connectivity index (χ0) is 14.9. The van der Waals surface area contributed by atoms with Crippen LogP contribution in [0.4, 0.5) is 0 Å². The summed E-state index contributed by atoms with van der Waals surface area (Å²) in [5.74, 6) is 0.0463. The van der Waals surface area contributed by atoms with Gasteiger partial charge in [0, 0.05) is 26.3 Å². The first-order chi connectivity index (χ1) is 9.45. The van der Waals surface area contributed by atoms with E-state index in [2.05, 4.69) is 17.0 Å². The number of carbonyl (C=O) groups is 1. The topological polar surface area (TPSA) is 51.0 Å². The molecule has 0 radical (unpaired) electrons. The number of hydrogen-bond donors (Lipinski definition) is 0. The summed E-state index contributed by atoms with van der Waals surface area (Å²) in [5, 5.41) is 5.25. The molecule has 2 heterocycles. The second-order valence-electron chi connectivity index (χ2n) is 5.30. The lowest BCUT2D eigenvalue weighted by Crippen LogP contribution is -2.28. The first-order valence-corrected chi connectivity index (χ1v) is 7.02. The van der Waals surface area contributed by atoms with Gasteiger partial charge in [0.25, 0.3) is 5.91 Å². The lowest BCUT2D eigenvalue weighted by atomic mass is 10.1. The summed E-state index contributed by atoms with van der Waals surface area (Å²) in [7, 11) is 3.71. The second kappa shape index (κ2) is 5.61. The van der Waals surface area contributed by atoms with Crippen molar-refractivity contribution in [1.82, 2.24) is 19.7 Å². The van der Waals surface area contributed by atoms with Crippen molar-refractivity contribution in [2.24, 2.45) is 7.05 Å². The Morgan fingerprint density at radius 3 is 2.75 bits per heavy atom. The van der Waals surface area contributed by atoms with Gasteiger partial charge in [0.2, 0.25) is 0 Å². The molecule has 1 amide bonds. The predicted octanol–water partition coefficient (Wildman–Crippen LogP) is 2.46. The summed E-state index contributed by atoms with van der Waals surface area (Å²) in [6.45, 7) is 6.72. The molecule has 2 aromatic rings. The molecule has 0 saturated carbocycles.